The minimum atomic E-state index is -1.92. The Morgan fingerprint density at radius 3 is 1.37 bits per heavy atom. The van der Waals surface area contributed by atoms with Crippen LogP contribution in [-0.2, 0) is 0 Å². The summed E-state index contributed by atoms with van der Waals surface area (Å²) in [4.78, 5) is 0. The molecule has 92 valence electrons. The Kier molecular flexibility index (Phi) is 4.30. The molecule has 2 aromatic carbocycles. The number of benzene rings is 2. The van der Waals surface area contributed by atoms with Crippen LogP contribution in [0.15, 0.2) is 60.7 Å². The van der Waals surface area contributed by atoms with Crippen LogP contribution in [0.2, 0.25) is 0 Å². The van der Waals surface area contributed by atoms with Gasteiger partial charge >= 0.3 is 0 Å². The Morgan fingerprint density at radius 1 is 0.684 bits per heavy atom. The molecule has 0 saturated carbocycles. The van der Waals surface area contributed by atoms with Gasteiger partial charge in [0.15, 0.2) is 12.3 Å². The second-order valence-corrected chi connectivity index (χ2v) is 7.87. The number of hydrogen-bond acceptors (Lipinski definition) is 2. The van der Waals surface area contributed by atoms with Crippen LogP contribution < -0.4 is 10.6 Å². The summed E-state index contributed by atoms with van der Waals surface area (Å²) in [6.07, 6.45) is 0.823. The van der Waals surface area contributed by atoms with E-state index in [0.717, 1.165) is 10.6 Å². The highest BCUT2D eigenvalue weighted by molar-refractivity contribution is 7.89. The lowest BCUT2D eigenvalue weighted by atomic mass is 10.4. The van der Waals surface area contributed by atoms with Crippen molar-refractivity contribution in [2.45, 2.75) is 0 Å². The summed E-state index contributed by atoms with van der Waals surface area (Å²) in [5, 5.41) is 20.7. The number of nitrogens with zero attached hydrogens (tertiary/aromatic N) is 2. The molecule has 0 N–H and O–H groups in total. The lowest BCUT2D eigenvalue weighted by Crippen LogP contribution is -2.26. The summed E-state index contributed by atoms with van der Waals surface area (Å²) in [6, 6.07) is 24.5. The molecule has 2 aromatic rings. The van der Waals surface area contributed by atoms with Crippen LogP contribution >= 0.6 is 7.26 Å². The topological polar surface area (TPSA) is 47.6 Å². The summed E-state index contributed by atoms with van der Waals surface area (Å²) in [5.74, 6) is 0. The van der Waals surface area contributed by atoms with Gasteiger partial charge in [-0.3, -0.25) is 0 Å². The highest BCUT2D eigenvalue weighted by Gasteiger charge is 2.42. The lowest BCUT2D eigenvalue weighted by molar-refractivity contribution is 1.45. The predicted octanol–water partition coefficient (Wildman–Crippen LogP) is 2.70. The Hall–Kier alpha value is -2.15. The van der Waals surface area contributed by atoms with Crippen LogP contribution in [0.4, 0.5) is 0 Å². The molecule has 0 aliphatic rings. The summed E-state index contributed by atoms with van der Waals surface area (Å²) < 4.78 is 0. The summed E-state index contributed by atoms with van der Waals surface area (Å²) in [7, 11) is -1.92. The molecule has 0 aromatic heterocycles. The fraction of sp³-hybridized carbons (Fsp3) is 0.125. The Bertz CT molecular complexity index is 551. The second-order valence-electron chi connectivity index (χ2n) is 4.27. The fourth-order valence-electron chi connectivity index (χ4n) is 2.24. The molecule has 0 aliphatic heterocycles. The minimum absolute atomic E-state index is 0.411. The SMILES string of the molecule is N#CC[P+](CC#N)(c1ccccc1)c1ccccc1. The van der Waals surface area contributed by atoms with Gasteiger partial charge < -0.3 is 0 Å². The quantitative estimate of drug-likeness (QED) is 0.798. The molecule has 0 bridgehead atoms. The van der Waals surface area contributed by atoms with Crippen LogP contribution in [0, 0.1) is 22.7 Å². The van der Waals surface area contributed by atoms with Crippen molar-refractivity contribution in [3.8, 4) is 12.1 Å². The first-order chi connectivity index (χ1) is 9.33. The maximum absolute atomic E-state index is 9.22. The molecule has 0 unspecified atom stereocenters. The van der Waals surface area contributed by atoms with Gasteiger partial charge in [-0.2, -0.15) is 10.5 Å². The fourth-order valence-corrected chi connectivity index (χ4v) is 5.35. The van der Waals surface area contributed by atoms with Gasteiger partial charge in [0.05, 0.1) is 0 Å². The van der Waals surface area contributed by atoms with Crippen molar-refractivity contribution in [3.63, 3.8) is 0 Å². The second kappa shape index (κ2) is 6.14. The molecule has 0 aliphatic carbocycles. The Balaban J connectivity index is 2.62. The summed E-state index contributed by atoms with van der Waals surface area (Å²) >= 11 is 0. The van der Waals surface area contributed by atoms with Crippen molar-refractivity contribution < 1.29 is 0 Å². The largest absolute Gasteiger partial charge is 0.194 e. The predicted molar refractivity (Wildman–Crippen MR) is 80.0 cm³/mol. The van der Waals surface area contributed by atoms with Crippen LogP contribution in [0.1, 0.15) is 0 Å². The van der Waals surface area contributed by atoms with E-state index in [2.05, 4.69) is 12.1 Å². The third-order valence-electron chi connectivity index (χ3n) is 3.18. The molecule has 0 radical (unpaired) electrons. The van der Waals surface area contributed by atoms with Gasteiger partial charge in [0.2, 0.25) is 0 Å². The first-order valence-electron chi connectivity index (χ1n) is 6.06. The minimum Gasteiger partial charge on any atom is -0.194 e. The van der Waals surface area contributed by atoms with E-state index in [9.17, 15) is 10.5 Å². The Labute approximate surface area is 114 Å². The number of hydrogen-bond donors (Lipinski definition) is 0. The third-order valence-corrected chi connectivity index (χ3v) is 7.12. The molecule has 0 heterocycles. The average molecular weight is 265 g/mol. The molecule has 0 amide bonds. The normalized spacial score (nSPS) is 10.4. The van der Waals surface area contributed by atoms with Crippen LogP contribution in [-0.4, -0.2) is 12.3 Å². The highest BCUT2D eigenvalue weighted by Crippen LogP contribution is 2.55. The molecule has 0 saturated heterocycles. The van der Waals surface area contributed by atoms with Gasteiger partial charge in [0.1, 0.15) is 30.0 Å². The van der Waals surface area contributed by atoms with E-state index in [0.29, 0.717) is 12.3 Å². The molecule has 0 atom stereocenters. The van der Waals surface area contributed by atoms with Crippen molar-refractivity contribution in [1.82, 2.24) is 0 Å². The number of rotatable bonds is 4. The van der Waals surface area contributed by atoms with E-state index in [1.165, 1.54) is 0 Å². The molecular weight excluding hydrogens is 251 g/mol. The zero-order chi connectivity index (χ0) is 13.6. The van der Waals surface area contributed by atoms with Gasteiger partial charge in [-0.15, -0.1) is 0 Å². The average Bonchev–Trinajstić information content (AvgIpc) is 2.49. The van der Waals surface area contributed by atoms with Crippen molar-refractivity contribution in [3.05, 3.63) is 60.7 Å². The van der Waals surface area contributed by atoms with Gasteiger partial charge in [0, 0.05) is 0 Å². The van der Waals surface area contributed by atoms with E-state index in [4.69, 9.17) is 0 Å². The maximum atomic E-state index is 9.22. The van der Waals surface area contributed by atoms with Gasteiger partial charge in [0.25, 0.3) is 0 Å². The molecule has 3 heteroatoms. The van der Waals surface area contributed by atoms with E-state index < -0.39 is 7.26 Å². The zero-order valence-corrected chi connectivity index (χ0v) is 11.4. The van der Waals surface area contributed by atoms with Crippen molar-refractivity contribution in [2.75, 3.05) is 12.3 Å². The molecule has 0 fully saturated rings. The molecule has 0 spiro atoms. The van der Waals surface area contributed by atoms with E-state index in [-0.39, 0.29) is 0 Å². The molecule has 19 heavy (non-hydrogen) atoms. The first kappa shape index (κ1) is 13.3. The summed E-state index contributed by atoms with van der Waals surface area (Å²) in [6.45, 7) is 0. The first-order valence-corrected chi connectivity index (χ1v) is 8.21. The van der Waals surface area contributed by atoms with Crippen molar-refractivity contribution >= 4 is 17.9 Å². The van der Waals surface area contributed by atoms with Gasteiger partial charge in [-0.1, -0.05) is 36.4 Å². The number of nitriles is 2. The smallest absolute Gasteiger partial charge is 0.155 e. The van der Waals surface area contributed by atoms with Gasteiger partial charge in [-0.05, 0) is 24.3 Å². The van der Waals surface area contributed by atoms with E-state index in [1.807, 2.05) is 60.7 Å². The van der Waals surface area contributed by atoms with Crippen molar-refractivity contribution in [2.24, 2.45) is 0 Å². The standard InChI is InChI=1S/C16H14N2P/c17-11-13-19(14-12-18,15-7-3-1-4-8-15)16-9-5-2-6-10-16/h1-10H,13-14H2/q+1. The molecule has 2 nitrogen and oxygen atoms in total. The summed E-state index contributed by atoms with van der Waals surface area (Å²) in [5.41, 5.74) is 0. The maximum Gasteiger partial charge on any atom is 0.155 e. The Morgan fingerprint density at radius 2 is 1.05 bits per heavy atom. The molecule has 2 rings (SSSR count). The highest BCUT2D eigenvalue weighted by atomic mass is 31.2. The monoisotopic (exact) mass is 265 g/mol. The van der Waals surface area contributed by atoms with Crippen LogP contribution in [0.25, 0.3) is 0 Å². The van der Waals surface area contributed by atoms with Gasteiger partial charge in [-0.25, -0.2) is 0 Å². The van der Waals surface area contributed by atoms with E-state index >= 15 is 0 Å². The van der Waals surface area contributed by atoms with Crippen LogP contribution in [0.3, 0.4) is 0 Å². The van der Waals surface area contributed by atoms with Crippen LogP contribution in [0.5, 0.6) is 0 Å². The third kappa shape index (κ3) is 2.65. The molecular formula is C16H14N2P+. The van der Waals surface area contributed by atoms with Crippen molar-refractivity contribution in [1.29, 1.82) is 10.5 Å². The zero-order valence-electron chi connectivity index (χ0n) is 10.5. The van der Waals surface area contributed by atoms with E-state index in [1.54, 1.807) is 0 Å². The lowest BCUT2D eigenvalue weighted by Gasteiger charge is -2.22.